The van der Waals surface area contributed by atoms with Gasteiger partial charge in [-0.25, -0.2) is 9.97 Å². The highest BCUT2D eigenvalue weighted by Crippen LogP contribution is 2.67. The van der Waals surface area contributed by atoms with Crippen LogP contribution in [0.4, 0.5) is 0 Å². The summed E-state index contributed by atoms with van der Waals surface area (Å²) in [6, 6.07) is 7.89. The molecule has 2 bridgehead atoms. The number of rotatable bonds is 4. The van der Waals surface area contributed by atoms with Gasteiger partial charge >= 0.3 is 0 Å². The van der Waals surface area contributed by atoms with Crippen LogP contribution in [0.2, 0.25) is 0 Å². The van der Waals surface area contributed by atoms with Gasteiger partial charge in [0.2, 0.25) is 5.91 Å². The van der Waals surface area contributed by atoms with E-state index < -0.39 is 5.41 Å². The van der Waals surface area contributed by atoms with Crippen molar-refractivity contribution < 1.29 is 9.53 Å². The minimum atomic E-state index is -0.605. The van der Waals surface area contributed by atoms with Crippen LogP contribution in [0, 0.1) is 5.41 Å². The highest BCUT2D eigenvalue weighted by atomic mass is 16.5. The zero-order valence-electron chi connectivity index (χ0n) is 15.3. The van der Waals surface area contributed by atoms with E-state index >= 15 is 0 Å². The van der Waals surface area contributed by atoms with E-state index in [0.717, 1.165) is 35.3 Å². The molecule has 1 heterocycles. The summed E-state index contributed by atoms with van der Waals surface area (Å²) in [5, 5.41) is 3.15. The lowest BCUT2D eigenvalue weighted by atomic mass is 9.67. The van der Waals surface area contributed by atoms with Crippen LogP contribution in [0.1, 0.15) is 50.9 Å². The van der Waals surface area contributed by atoms with Crippen molar-refractivity contribution >= 4 is 16.9 Å². The van der Waals surface area contributed by atoms with Gasteiger partial charge in [0, 0.05) is 19.1 Å². The topological polar surface area (TPSA) is 64.1 Å². The molecule has 1 N–H and O–H groups in total. The van der Waals surface area contributed by atoms with Crippen molar-refractivity contribution in [1.29, 1.82) is 0 Å². The molecule has 1 fully saturated rings. The molecule has 2 aliphatic rings. The molecule has 5 nitrogen and oxygen atoms in total. The Bertz CT molecular complexity index is 848. The molecule has 132 valence electrons. The number of aromatic nitrogens is 2. The number of hydrogen-bond acceptors (Lipinski definition) is 4. The first kappa shape index (κ1) is 16.5. The Hall–Kier alpha value is -2.01. The molecule has 0 spiro atoms. The number of amides is 1. The number of para-hydroxylation sites is 2. The largest absolute Gasteiger partial charge is 0.383 e. The van der Waals surface area contributed by atoms with Gasteiger partial charge < -0.3 is 10.1 Å². The Morgan fingerprint density at radius 3 is 2.68 bits per heavy atom. The molecule has 0 saturated heterocycles. The normalized spacial score (nSPS) is 27.3. The molecule has 3 unspecified atom stereocenters. The maximum Gasteiger partial charge on any atom is 0.233 e. The van der Waals surface area contributed by atoms with Gasteiger partial charge in [0.1, 0.15) is 0 Å². The van der Waals surface area contributed by atoms with Gasteiger partial charge in [0.25, 0.3) is 0 Å². The highest BCUT2D eigenvalue weighted by molar-refractivity contribution is 5.92. The van der Waals surface area contributed by atoms with Gasteiger partial charge in [-0.1, -0.05) is 26.0 Å². The number of carbonyl (C=O) groups excluding carboxylic acids is 1. The lowest BCUT2D eigenvalue weighted by molar-refractivity contribution is -0.131. The fraction of sp³-hybridized carbons (Fsp3) is 0.550. The Morgan fingerprint density at radius 1 is 1.32 bits per heavy atom. The number of ether oxygens (including phenoxy) is 1. The zero-order valence-corrected chi connectivity index (χ0v) is 15.3. The molecule has 2 aromatic rings. The molecular weight excluding hydrogens is 314 g/mol. The Balaban J connectivity index is 1.85. The maximum atomic E-state index is 13.4. The predicted octanol–water partition coefficient (Wildman–Crippen LogP) is 2.94. The molecule has 0 aliphatic heterocycles. The highest BCUT2D eigenvalue weighted by Gasteiger charge is 2.67. The summed E-state index contributed by atoms with van der Waals surface area (Å²) in [6.45, 7) is 6.86. The van der Waals surface area contributed by atoms with Crippen LogP contribution in [0.3, 0.4) is 0 Å². The fourth-order valence-electron chi connectivity index (χ4n) is 4.97. The summed E-state index contributed by atoms with van der Waals surface area (Å²) in [5.41, 5.74) is 2.88. The molecule has 1 aromatic heterocycles. The Morgan fingerprint density at radius 2 is 2.00 bits per heavy atom. The smallest absolute Gasteiger partial charge is 0.233 e. The van der Waals surface area contributed by atoms with E-state index in [1.54, 1.807) is 7.11 Å². The monoisotopic (exact) mass is 339 g/mol. The minimum Gasteiger partial charge on any atom is -0.383 e. The third kappa shape index (κ3) is 2.08. The molecule has 1 saturated carbocycles. The average molecular weight is 339 g/mol. The molecule has 4 rings (SSSR count). The second-order valence-corrected chi connectivity index (χ2v) is 7.99. The van der Waals surface area contributed by atoms with E-state index in [9.17, 15) is 4.79 Å². The first-order chi connectivity index (χ1) is 11.9. The molecule has 25 heavy (non-hydrogen) atoms. The van der Waals surface area contributed by atoms with Crippen molar-refractivity contribution in [3.63, 3.8) is 0 Å². The van der Waals surface area contributed by atoms with Gasteiger partial charge in [-0.05, 0) is 37.3 Å². The number of carbonyl (C=O) groups is 1. The van der Waals surface area contributed by atoms with Crippen molar-refractivity contribution in [3.05, 3.63) is 35.7 Å². The van der Waals surface area contributed by atoms with Crippen LogP contribution < -0.4 is 5.32 Å². The van der Waals surface area contributed by atoms with Crippen LogP contribution in [0.5, 0.6) is 0 Å². The summed E-state index contributed by atoms with van der Waals surface area (Å²) >= 11 is 0. The predicted molar refractivity (Wildman–Crippen MR) is 96.5 cm³/mol. The summed E-state index contributed by atoms with van der Waals surface area (Å²) in [4.78, 5) is 23.2. The lowest BCUT2D eigenvalue weighted by Gasteiger charge is -2.37. The number of nitrogens with zero attached hydrogens (tertiary/aromatic N) is 2. The molecular formula is C20H25N3O2. The van der Waals surface area contributed by atoms with Gasteiger partial charge in [0.05, 0.1) is 34.4 Å². The van der Waals surface area contributed by atoms with E-state index in [-0.39, 0.29) is 23.3 Å². The van der Waals surface area contributed by atoms with Crippen LogP contribution in [-0.4, -0.2) is 35.6 Å². The second-order valence-electron chi connectivity index (χ2n) is 7.99. The Labute approximate surface area is 148 Å². The number of benzene rings is 1. The molecule has 1 amide bonds. The minimum absolute atomic E-state index is 0.0285. The van der Waals surface area contributed by atoms with Crippen LogP contribution in [0.25, 0.3) is 11.0 Å². The number of nitrogens with one attached hydrogen (secondary N) is 1. The Kier molecular flexibility index (Phi) is 3.62. The van der Waals surface area contributed by atoms with Crippen LogP contribution in [-0.2, 0) is 14.9 Å². The number of fused-ring (bicyclic) bond motifs is 6. The summed E-state index contributed by atoms with van der Waals surface area (Å²) in [6.07, 6.45) is 1.81. The lowest BCUT2D eigenvalue weighted by Crippen LogP contribution is -2.52. The van der Waals surface area contributed by atoms with E-state index in [4.69, 9.17) is 14.7 Å². The first-order valence-electron chi connectivity index (χ1n) is 8.99. The number of hydrogen-bond donors (Lipinski definition) is 1. The second kappa shape index (κ2) is 5.49. The molecule has 5 heteroatoms. The van der Waals surface area contributed by atoms with E-state index in [2.05, 4.69) is 19.2 Å². The third-order valence-electron chi connectivity index (χ3n) is 6.29. The van der Waals surface area contributed by atoms with Crippen molar-refractivity contribution in [1.82, 2.24) is 15.3 Å². The van der Waals surface area contributed by atoms with E-state index in [1.807, 2.05) is 31.2 Å². The quantitative estimate of drug-likeness (QED) is 0.930. The summed E-state index contributed by atoms with van der Waals surface area (Å²) < 4.78 is 5.18. The van der Waals surface area contributed by atoms with E-state index in [0.29, 0.717) is 6.61 Å². The van der Waals surface area contributed by atoms with Gasteiger partial charge in [-0.15, -0.1) is 0 Å². The number of methoxy groups -OCH3 is 1. The first-order valence-corrected chi connectivity index (χ1v) is 8.99. The third-order valence-corrected chi connectivity index (χ3v) is 6.29. The average Bonchev–Trinajstić information content (AvgIpc) is 2.95. The molecule has 0 radical (unpaired) electrons. The van der Waals surface area contributed by atoms with Crippen molar-refractivity contribution in [2.45, 2.75) is 51.0 Å². The van der Waals surface area contributed by atoms with Crippen molar-refractivity contribution in [3.8, 4) is 0 Å². The van der Waals surface area contributed by atoms with Gasteiger partial charge in [-0.2, -0.15) is 0 Å². The maximum absolute atomic E-state index is 13.4. The SMILES string of the molecule is COCC(C)NC(=O)C12CCC(c3nc4ccccc4nc31)C2(C)C. The van der Waals surface area contributed by atoms with E-state index in [1.165, 1.54) is 0 Å². The van der Waals surface area contributed by atoms with Gasteiger partial charge in [-0.3, -0.25) is 4.79 Å². The zero-order chi connectivity index (χ0) is 17.8. The standard InChI is InChI=1S/C20H25N3O2/c1-12(11-25-4)21-18(24)20-10-9-13(19(20,2)3)16-17(20)23-15-8-6-5-7-14(15)22-16/h5-8,12-13H,9-11H2,1-4H3,(H,21,24). The summed E-state index contributed by atoms with van der Waals surface area (Å²) in [7, 11) is 1.65. The molecule has 1 aromatic carbocycles. The molecule has 3 atom stereocenters. The van der Waals surface area contributed by atoms with Crippen molar-refractivity contribution in [2.75, 3.05) is 13.7 Å². The molecule has 2 aliphatic carbocycles. The van der Waals surface area contributed by atoms with Crippen LogP contribution >= 0.6 is 0 Å². The fourth-order valence-corrected chi connectivity index (χ4v) is 4.97. The summed E-state index contributed by atoms with van der Waals surface area (Å²) in [5.74, 6) is 0.343. The van der Waals surface area contributed by atoms with Gasteiger partial charge in [0.15, 0.2) is 0 Å². The van der Waals surface area contributed by atoms with Crippen LogP contribution in [0.15, 0.2) is 24.3 Å². The van der Waals surface area contributed by atoms with Crippen molar-refractivity contribution in [2.24, 2.45) is 5.41 Å².